The standard InChI is InChI=1S/C20H24N2O2.ClH/c1-15-7-3-6-10-19(15)24-12-11-22(2)20(23)18-13-16-8-4-5-9-17(16)14-21-18;/h3-10,18,21H,11-14H2,1-2H3;1H. The molecule has 1 aliphatic heterocycles. The zero-order chi connectivity index (χ0) is 16.9. The molecule has 1 heterocycles. The molecule has 0 saturated heterocycles. The molecule has 1 amide bonds. The number of halogens is 1. The van der Waals surface area contributed by atoms with E-state index >= 15 is 0 Å². The van der Waals surface area contributed by atoms with Gasteiger partial charge in [-0.3, -0.25) is 4.79 Å². The van der Waals surface area contributed by atoms with Gasteiger partial charge >= 0.3 is 0 Å². The maximum atomic E-state index is 12.6. The summed E-state index contributed by atoms with van der Waals surface area (Å²) in [6.45, 7) is 3.84. The molecule has 5 heteroatoms. The lowest BCUT2D eigenvalue weighted by molar-refractivity contribution is -0.132. The molecular formula is C20H25ClN2O2. The van der Waals surface area contributed by atoms with Crippen LogP contribution in [0.25, 0.3) is 0 Å². The van der Waals surface area contributed by atoms with E-state index in [1.165, 1.54) is 11.1 Å². The summed E-state index contributed by atoms with van der Waals surface area (Å²) in [5.41, 5.74) is 3.66. The van der Waals surface area contributed by atoms with E-state index in [1.54, 1.807) is 4.90 Å². The molecule has 0 aromatic heterocycles. The summed E-state index contributed by atoms with van der Waals surface area (Å²) in [7, 11) is 1.84. The highest BCUT2D eigenvalue weighted by Crippen LogP contribution is 2.18. The molecule has 0 spiro atoms. The number of carbonyl (C=O) groups excluding carboxylic acids is 1. The van der Waals surface area contributed by atoms with Gasteiger partial charge in [0.05, 0.1) is 12.6 Å². The highest BCUT2D eigenvalue weighted by molar-refractivity contribution is 5.85. The largest absolute Gasteiger partial charge is 0.491 e. The number of rotatable bonds is 5. The Labute approximate surface area is 155 Å². The molecule has 25 heavy (non-hydrogen) atoms. The molecule has 0 saturated carbocycles. The average Bonchev–Trinajstić information content (AvgIpc) is 2.62. The maximum Gasteiger partial charge on any atom is 0.239 e. The zero-order valence-corrected chi connectivity index (χ0v) is 15.5. The topological polar surface area (TPSA) is 41.6 Å². The number of benzene rings is 2. The molecule has 0 fully saturated rings. The fourth-order valence-electron chi connectivity index (χ4n) is 3.02. The Bertz CT molecular complexity index is 720. The maximum absolute atomic E-state index is 12.6. The third kappa shape index (κ3) is 4.74. The minimum atomic E-state index is -0.150. The Morgan fingerprint density at radius 3 is 2.60 bits per heavy atom. The second kappa shape index (κ2) is 8.88. The van der Waals surface area contributed by atoms with Gasteiger partial charge in [-0.25, -0.2) is 0 Å². The first kappa shape index (κ1) is 19.3. The number of para-hydroxylation sites is 1. The Hall–Kier alpha value is -2.04. The third-order valence-corrected chi connectivity index (χ3v) is 4.53. The summed E-state index contributed by atoms with van der Waals surface area (Å²) >= 11 is 0. The second-order valence-electron chi connectivity index (χ2n) is 6.28. The molecule has 1 atom stereocenters. The average molecular weight is 361 g/mol. The van der Waals surface area contributed by atoms with Crippen LogP contribution in [0.1, 0.15) is 16.7 Å². The van der Waals surface area contributed by atoms with Crippen LogP contribution in [0.5, 0.6) is 5.75 Å². The zero-order valence-electron chi connectivity index (χ0n) is 14.7. The number of amides is 1. The summed E-state index contributed by atoms with van der Waals surface area (Å²) in [4.78, 5) is 14.4. The minimum absolute atomic E-state index is 0. The molecule has 1 N–H and O–H groups in total. The highest BCUT2D eigenvalue weighted by Gasteiger charge is 2.26. The van der Waals surface area contributed by atoms with Gasteiger partial charge in [0.1, 0.15) is 12.4 Å². The van der Waals surface area contributed by atoms with Gasteiger partial charge in [-0.2, -0.15) is 0 Å². The van der Waals surface area contributed by atoms with E-state index in [0.29, 0.717) is 13.2 Å². The van der Waals surface area contributed by atoms with E-state index in [1.807, 2.05) is 50.4 Å². The number of hydrogen-bond acceptors (Lipinski definition) is 3. The van der Waals surface area contributed by atoms with Crippen molar-refractivity contribution in [2.75, 3.05) is 20.2 Å². The Morgan fingerprint density at radius 2 is 1.84 bits per heavy atom. The summed E-state index contributed by atoms with van der Waals surface area (Å²) in [5.74, 6) is 1.00. The van der Waals surface area contributed by atoms with Crippen molar-refractivity contribution >= 4 is 18.3 Å². The second-order valence-corrected chi connectivity index (χ2v) is 6.28. The van der Waals surface area contributed by atoms with E-state index in [9.17, 15) is 4.79 Å². The molecule has 4 nitrogen and oxygen atoms in total. The van der Waals surface area contributed by atoms with Crippen molar-refractivity contribution in [3.8, 4) is 5.75 Å². The lowest BCUT2D eigenvalue weighted by Gasteiger charge is -2.29. The van der Waals surface area contributed by atoms with Crippen LogP contribution < -0.4 is 10.1 Å². The molecule has 0 bridgehead atoms. The van der Waals surface area contributed by atoms with Gasteiger partial charge in [-0.05, 0) is 36.1 Å². The quantitative estimate of drug-likeness (QED) is 0.891. The first-order chi connectivity index (χ1) is 11.6. The van der Waals surface area contributed by atoms with Crippen LogP contribution in [0.4, 0.5) is 0 Å². The van der Waals surface area contributed by atoms with Gasteiger partial charge in [0.25, 0.3) is 0 Å². The molecular weight excluding hydrogens is 336 g/mol. The Kier molecular flexibility index (Phi) is 6.85. The molecule has 1 aliphatic rings. The molecule has 2 aromatic carbocycles. The van der Waals surface area contributed by atoms with E-state index in [-0.39, 0.29) is 24.4 Å². The summed E-state index contributed by atoms with van der Waals surface area (Å²) in [5, 5.41) is 3.34. The smallest absolute Gasteiger partial charge is 0.239 e. The number of nitrogens with one attached hydrogen (secondary N) is 1. The fraction of sp³-hybridized carbons (Fsp3) is 0.350. The van der Waals surface area contributed by atoms with Gasteiger partial charge in [0.15, 0.2) is 0 Å². The fourth-order valence-corrected chi connectivity index (χ4v) is 3.02. The molecule has 134 valence electrons. The van der Waals surface area contributed by atoms with Gasteiger partial charge in [0.2, 0.25) is 5.91 Å². The highest BCUT2D eigenvalue weighted by atomic mass is 35.5. The van der Waals surface area contributed by atoms with Crippen LogP contribution in [-0.4, -0.2) is 37.0 Å². The Balaban J connectivity index is 0.00000225. The van der Waals surface area contributed by atoms with E-state index in [4.69, 9.17) is 4.74 Å². The minimum Gasteiger partial charge on any atom is -0.491 e. The number of carbonyl (C=O) groups is 1. The van der Waals surface area contributed by atoms with Crippen molar-refractivity contribution < 1.29 is 9.53 Å². The number of fused-ring (bicyclic) bond motifs is 1. The number of hydrogen-bond donors (Lipinski definition) is 1. The molecule has 0 radical (unpaired) electrons. The van der Waals surface area contributed by atoms with E-state index in [2.05, 4.69) is 17.4 Å². The van der Waals surface area contributed by atoms with Crippen LogP contribution in [0, 0.1) is 6.92 Å². The molecule has 0 aliphatic carbocycles. The summed E-state index contributed by atoms with van der Waals surface area (Å²) in [6, 6.07) is 16.1. The van der Waals surface area contributed by atoms with Gasteiger partial charge in [-0.1, -0.05) is 42.5 Å². The summed E-state index contributed by atoms with van der Waals surface area (Å²) in [6.07, 6.45) is 0.748. The monoisotopic (exact) mass is 360 g/mol. The van der Waals surface area contributed by atoms with Crippen LogP contribution >= 0.6 is 12.4 Å². The Morgan fingerprint density at radius 1 is 1.16 bits per heavy atom. The first-order valence-electron chi connectivity index (χ1n) is 8.38. The van der Waals surface area contributed by atoms with Crippen LogP contribution in [0.3, 0.4) is 0 Å². The number of aryl methyl sites for hydroxylation is 1. The van der Waals surface area contributed by atoms with Crippen molar-refractivity contribution in [3.05, 3.63) is 65.2 Å². The van der Waals surface area contributed by atoms with E-state index < -0.39 is 0 Å². The number of ether oxygens (including phenoxy) is 1. The normalized spacial score (nSPS) is 15.7. The van der Waals surface area contributed by atoms with E-state index in [0.717, 1.165) is 24.3 Å². The predicted molar refractivity (Wildman–Crippen MR) is 102 cm³/mol. The van der Waals surface area contributed by atoms with Crippen molar-refractivity contribution in [3.63, 3.8) is 0 Å². The van der Waals surface area contributed by atoms with Gasteiger partial charge in [-0.15, -0.1) is 12.4 Å². The lowest BCUT2D eigenvalue weighted by Crippen LogP contribution is -2.49. The predicted octanol–water partition coefficient (Wildman–Crippen LogP) is 2.97. The molecule has 2 aromatic rings. The SMILES string of the molecule is Cc1ccccc1OCCN(C)C(=O)C1Cc2ccccc2CN1.Cl. The first-order valence-corrected chi connectivity index (χ1v) is 8.38. The number of likely N-dealkylation sites (N-methyl/N-ethyl adjacent to an activating group) is 1. The van der Waals surface area contributed by atoms with Gasteiger partial charge in [0, 0.05) is 13.6 Å². The van der Waals surface area contributed by atoms with Crippen LogP contribution in [0.15, 0.2) is 48.5 Å². The molecule has 3 rings (SSSR count). The molecule has 1 unspecified atom stereocenters. The lowest BCUT2D eigenvalue weighted by atomic mass is 9.95. The van der Waals surface area contributed by atoms with Crippen molar-refractivity contribution in [2.45, 2.75) is 25.9 Å². The van der Waals surface area contributed by atoms with Gasteiger partial charge < -0.3 is 15.0 Å². The van der Waals surface area contributed by atoms with Crippen molar-refractivity contribution in [1.82, 2.24) is 10.2 Å². The summed E-state index contributed by atoms with van der Waals surface area (Å²) < 4.78 is 5.79. The van der Waals surface area contributed by atoms with Crippen molar-refractivity contribution in [1.29, 1.82) is 0 Å². The third-order valence-electron chi connectivity index (χ3n) is 4.53. The number of nitrogens with zero attached hydrogens (tertiary/aromatic N) is 1. The van der Waals surface area contributed by atoms with Crippen LogP contribution in [-0.2, 0) is 17.8 Å². The van der Waals surface area contributed by atoms with Crippen molar-refractivity contribution in [2.24, 2.45) is 0 Å². The van der Waals surface area contributed by atoms with Crippen LogP contribution in [0.2, 0.25) is 0 Å².